The molecule has 4 aromatic rings. The van der Waals surface area contributed by atoms with E-state index in [1.807, 2.05) is 61.5 Å². The number of rotatable bonds is 14. The van der Waals surface area contributed by atoms with Gasteiger partial charge in [0.05, 0.1) is 12.0 Å². The topological polar surface area (TPSA) is 72.2 Å². The van der Waals surface area contributed by atoms with Gasteiger partial charge in [0.2, 0.25) is 11.7 Å². The van der Waals surface area contributed by atoms with Crippen molar-refractivity contribution in [2.45, 2.75) is 37.3 Å². The first-order valence-corrected chi connectivity index (χ1v) is 14.9. The molecule has 5 nitrogen and oxygen atoms in total. The average molecular weight is 533 g/mol. The summed E-state index contributed by atoms with van der Waals surface area (Å²) >= 11 is 3.49. The Morgan fingerprint density at radius 2 is 1.41 bits per heavy atom. The zero-order chi connectivity index (χ0) is 25.9. The number of carbonyl (C=O) groups is 2. The zero-order valence-corrected chi connectivity index (χ0v) is 22.6. The summed E-state index contributed by atoms with van der Waals surface area (Å²) in [6.45, 7) is 2.00. The van der Waals surface area contributed by atoms with Crippen LogP contribution >= 0.6 is 23.5 Å². The molecular formula is C30H32N2O3S2. The highest BCUT2D eigenvalue weighted by Gasteiger charge is 2.29. The van der Waals surface area contributed by atoms with Gasteiger partial charge in [-0.2, -0.15) is 23.5 Å². The van der Waals surface area contributed by atoms with Crippen molar-refractivity contribution in [3.63, 3.8) is 0 Å². The number of hydrogen-bond donors (Lipinski definition) is 1. The highest BCUT2D eigenvalue weighted by Crippen LogP contribution is 2.22. The molecule has 1 N–H and O–H groups in total. The van der Waals surface area contributed by atoms with Gasteiger partial charge in [-0.05, 0) is 29.7 Å². The van der Waals surface area contributed by atoms with E-state index in [2.05, 4.69) is 34.6 Å². The van der Waals surface area contributed by atoms with E-state index in [4.69, 9.17) is 4.42 Å². The number of thioether (sulfide) groups is 2. The Balaban J connectivity index is 1.42. The summed E-state index contributed by atoms with van der Waals surface area (Å²) in [4.78, 5) is 31.1. The second-order valence-corrected chi connectivity index (χ2v) is 11.0. The highest BCUT2D eigenvalue weighted by atomic mass is 32.2. The van der Waals surface area contributed by atoms with Gasteiger partial charge >= 0.3 is 0 Å². The molecule has 1 atom stereocenters. The average Bonchev–Trinajstić information content (AvgIpc) is 3.37. The molecule has 0 unspecified atom stereocenters. The molecule has 0 radical (unpaired) electrons. The summed E-state index contributed by atoms with van der Waals surface area (Å²) in [6, 6.07) is 27.2. The van der Waals surface area contributed by atoms with Crippen LogP contribution in [-0.4, -0.2) is 34.2 Å². The number of nitrogens with zero attached hydrogens (tertiary/aromatic N) is 1. The molecule has 1 heterocycles. The number of nitrogens with one attached hydrogen (secondary N) is 1. The first-order chi connectivity index (χ1) is 18.1. The van der Waals surface area contributed by atoms with Crippen molar-refractivity contribution in [2.75, 3.05) is 11.5 Å². The highest BCUT2D eigenvalue weighted by molar-refractivity contribution is 7.99. The van der Waals surface area contributed by atoms with Crippen LogP contribution in [0.3, 0.4) is 0 Å². The van der Waals surface area contributed by atoms with Gasteiger partial charge in [0.15, 0.2) is 5.58 Å². The minimum absolute atomic E-state index is 0.0494. The molecule has 0 aliphatic heterocycles. The van der Waals surface area contributed by atoms with E-state index in [1.165, 1.54) is 11.1 Å². The minimum atomic E-state index is -0.661. The Labute approximate surface area is 226 Å². The SMILES string of the molecule is CCC[C@H](NC(=O)C(CSCc1ccccc1)CSCc1ccccc1)C(=O)c1nc2ccccc2o1. The molecule has 0 aliphatic rings. The van der Waals surface area contributed by atoms with E-state index >= 15 is 0 Å². The van der Waals surface area contributed by atoms with Gasteiger partial charge in [-0.3, -0.25) is 9.59 Å². The van der Waals surface area contributed by atoms with Crippen LogP contribution in [0.2, 0.25) is 0 Å². The van der Waals surface area contributed by atoms with Gasteiger partial charge < -0.3 is 9.73 Å². The molecule has 0 bridgehead atoms. The lowest BCUT2D eigenvalue weighted by atomic mass is 10.1. The Hall–Kier alpha value is -3.03. The fourth-order valence-corrected chi connectivity index (χ4v) is 6.31. The third-order valence-electron chi connectivity index (χ3n) is 5.95. The van der Waals surface area contributed by atoms with Crippen LogP contribution in [0.1, 0.15) is 41.6 Å². The number of aromatic nitrogens is 1. The number of hydrogen-bond acceptors (Lipinski definition) is 6. The van der Waals surface area contributed by atoms with Crippen molar-refractivity contribution in [2.24, 2.45) is 5.92 Å². The first-order valence-electron chi connectivity index (χ1n) is 12.6. The van der Waals surface area contributed by atoms with Crippen LogP contribution in [0.25, 0.3) is 11.1 Å². The van der Waals surface area contributed by atoms with E-state index in [1.54, 1.807) is 29.6 Å². The van der Waals surface area contributed by atoms with Crippen molar-refractivity contribution in [1.82, 2.24) is 10.3 Å². The van der Waals surface area contributed by atoms with Crippen LogP contribution in [-0.2, 0) is 16.3 Å². The van der Waals surface area contributed by atoms with E-state index in [0.29, 0.717) is 29.0 Å². The molecule has 1 amide bonds. The number of benzene rings is 3. The molecule has 192 valence electrons. The quantitative estimate of drug-likeness (QED) is 0.181. The predicted molar refractivity (Wildman–Crippen MR) is 154 cm³/mol. The number of para-hydroxylation sites is 2. The fraction of sp³-hybridized carbons (Fsp3) is 0.300. The Kier molecular flexibility index (Phi) is 10.3. The molecule has 37 heavy (non-hydrogen) atoms. The van der Waals surface area contributed by atoms with Gasteiger partial charge in [-0.25, -0.2) is 4.98 Å². The maximum atomic E-state index is 13.5. The van der Waals surface area contributed by atoms with Gasteiger partial charge in [-0.15, -0.1) is 0 Å². The maximum absolute atomic E-state index is 13.5. The van der Waals surface area contributed by atoms with Crippen molar-refractivity contribution < 1.29 is 14.0 Å². The van der Waals surface area contributed by atoms with Gasteiger partial charge in [-0.1, -0.05) is 86.1 Å². The van der Waals surface area contributed by atoms with Crippen molar-refractivity contribution in [3.8, 4) is 0 Å². The number of fused-ring (bicyclic) bond motifs is 1. The number of amides is 1. The second-order valence-electron chi connectivity index (χ2n) is 8.90. The molecule has 0 aliphatic carbocycles. The molecule has 7 heteroatoms. The summed E-state index contributed by atoms with van der Waals surface area (Å²) in [6.07, 6.45) is 1.29. The molecule has 0 saturated heterocycles. The minimum Gasteiger partial charge on any atom is -0.434 e. The summed E-state index contributed by atoms with van der Waals surface area (Å²) in [7, 11) is 0. The number of oxazole rings is 1. The lowest BCUT2D eigenvalue weighted by Gasteiger charge is -2.21. The Morgan fingerprint density at radius 1 is 0.838 bits per heavy atom. The molecule has 1 aromatic heterocycles. The third kappa shape index (κ3) is 7.98. The zero-order valence-electron chi connectivity index (χ0n) is 21.0. The summed E-state index contributed by atoms with van der Waals surface area (Å²) in [5.41, 5.74) is 3.68. The van der Waals surface area contributed by atoms with Gasteiger partial charge in [0.1, 0.15) is 5.52 Å². The largest absolute Gasteiger partial charge is 0.434 e. The Bertz CT molecular complexity index is 1200. The maximum Gasteiger partial charge on any atom is 0.266 e. The molecule has 0 saturated carbocycles. The lowest BCUT2D eigenvalue weighted by molar-refractivity contribution is -0.124. The normalized spacial score (nSPS) is 12.1. The third-order valence-corrected chi connectivity index (χ3v) is 8.30. The molecule has 0 fully saturated rings. The van der Waals surface area contributed by atoms with Crippen LogP contribution in [0.15, 0.2) is 89.3 Å². The Morgan fingerprint density at radius 3 is 1.97 bits per heavy atom. The standard InChI is InChI=1S/C30H32N2O3S2/c1-2-11-26(28(33)30-32-25-16-9-10-17-27(25)35-30)31-29(34)24(20-36-18-22-12-5-3-6-13-22)21-37-19-23-14-7-4-8-15-23/h3-10,12-17,24,26H,2,11,18-21H2,1H3,(H,31,34)/t26-/m0/s1. The van der Waals surface area contributed by atoms with Crippen LogP contribution in [0.5, 0.6) is 0 Å². The van der Waals surface area contributed by atoms with E-state index in [9.17, 15) is 9.59 Å². The van der Waals surface area contributed by atoms with Crippen LogP contribution in [0, 0.1) is 5.92 Å². The summed E-state index contributed by atoms with van der Waals surface area (Å²) in [5, 5.41) is 3.04. The fourth-order valence-electron chi connectivity index (χ4n) is 3.96. The molecule has 4 rings (SSSR count). The van der Waals surface area contributed by atoms with Crippen molar-refractivity contribution >= 4 is 46.3 Å². The molecule has 3 aromatic carbocycles. The van der Waals surface area contributed by atoms with Gasteiger partial charge in [0.25, 0.3) is 5.89 Å². The van der Waals surface area contributed by atoms with Crippen molar-refractivity contribution in [3.05, 3.63) is 102 Å². The van der Waals surface area contributed by atoms with E-state index < -0.39 is 6.04 Å². The smallest absolute Gasteiger partial charge is 0.266 e. The summed E-state index contributed by atoms with van der Waals surface area (Å²) < 4.78 is 5.71. The van der Waals surface area contributed by atoms with Crippen LogP contribution in [0.4, 0.5) is 0 Å². The molecule has 0 spiro atoms. The molecular weight excluding hydrogens is 500 g/mol. The predicted octanol–water partition coefficient (Wildman–Crippen LogP) is 6.78. The first kappa shape index (κ1) is 27.0. The van der Waals surface area contributed by atoms with Crippen molar-refractivity contribution in [1.29, 1.82) is 0 Å². The number of carbonyl (C=O) groups excluding carboxylic acids is 2. The number of ketones is 1. The lowest BCUT2D eigenvalue weighted by Crippen LogP contribution is -2.45. The van der Waals surface area contributed by atoms with Gasteiger partial charge in [0, 0.05) is 23.0 Å². The monoisotopic (exact) mass is 532 g/mol. The second kappa shape index (κ2) is 14.1. The number of Topliss-reactive ketones (excluding diaryl/α,β-unsaturated/α-hetero) is 1. The van der Waals surface area contributed by atoms with Crippen LogP contribution < -0.4 is 5.32 Å². The van der Waals surface area contributed by atoms with E-state index in [0.717, 1.165) is 17.9 Å². The van der Waals surface area contributed by atoms with E-state index in [-0.39, 0.29) is 23.5 Å². The summed E-state index contributed by atoms with van der Waals surface area (Å²) in [5.74, 6) is 2.49.